The van der Waals surface area contributed by atoms with E-state index in [9.17, 15) is 9.70 Å². The van der Waals surface area contributed by atoms with Gasteiger partial charge in [0.1, 0.15) is 18.0 Å². The number of fused-ring (bicyclic) bond motifs is 1. The van der Waals surface area contributed by atoms with Crippen molar-refractivity contribution in [2.45, 2.75) is 6.54 Å². The van der Waals surface area contributed by atoms with Gasteiger partial charge < -0.3 is 9.47 Å². The van der Waals surface area contributed by atoms with Gasteiger partial charge in [-0.05, 0) is 29.1 Å². The zero-order valence-electron chi connectivity index (χ0n) is 12.1. The maximum atomic E-state index is 11.9. The summed E-state index contributed by atoms with van der Waals surface area (Å²) in [6.45, 7) is 0.0841. The maximum Gasteiger partial charge on any atom is 0.519 e. The molecule has 0 aliphatic carbocycles. The lowest BCUT2D eigenvalue weighted by Gasteiger charge is -2.08. The third kappa shape index (κ3) is 3.52. The predicted octanol–water partition coefficient (Wildman–Crippen LogP) is 4.68. The minimum absolute atomic E-state index is 0.0841. The van der Waals surface area contributed by atoms with E-state index in [1.165, 1.54) is 0 Å². The van der Waals surface area contributed by atoms with Crippen molar-refractivity contribution >= 4 is 16.9 Å². The van der Waals surface area contributed by atoms with Crippen LogP contribution in [-0.4, -0.2) is 6.16 Å². The van der Waals surface area contributed by atoms with Crippen LogP contribution in [0.5, 0.6) is 11.5 Å². The molecule has 0 heterocycles. The molecule has 0 aliphatic rings. The van der Waals surface area contributed by atoms with E-state index >= 15 is 0 Å². The molecule has 3 rings (SSSR count). The third-order valence-corrected chi connectivity index (χ3v) is 3.31. The van der Waals surface area contributed by atoms with Crippen LogP contribution in [0.4, 0.5) is 4.79 Å². The molecule has 0 aromatic heterocycles. The second-order valence-electron chi connectivity index (χ2n) is 4.86. The molecule has 0 bridgehead atoms. The standard InChI is InChI=1S/C18H13NO4/c20-18(22-15-10-8-13(9-11-15)12-19-21)23-17-7-3-5-14-4-1-2-6-16(14)17/h1-11H,12H2. The highest BCUT2D eigenvalue weighted by Gasteiger charge is 2.10. The van der Waals surface area contributed by atoms with E-state index < -0.39 is 6.16 Å². The fourth-order valence-corrected chi connectivity index (χ4v) is 2.23. The van der Waals surface area contributed by atoms with Crippen molar-refractivity contribution in [3.63, 3.8) is 0 Å². The summed E-state index contributed by atoms with van der Waals surface area (Å²) in [5.74, 6) is 0.778. The van der Waals surface area contributed by atoms with Crippen LogP contribution < -0.4 is 9.47 Å². The fourth-order valence-electron chi connectivity index (χ4n) is 2.23. The third-order valence-electron chi connectivity index (χ3n) is 3.31. The number of nitrogens with zero attached hydrogens (tertiary/aromatic N) is 1. The molecule has 3 aromatic rings. The molecular weight excluding hydrogens is 294 g/mol. The van der Waals surface area contributed by atoms with Crippen LogP contribution in [0.25, 0.3) is 10.8 Å². The first-order valence-electron chi connectivity index (χ1n) is 7.02. The van der Waals surface area contributed by atoms with Gasteiger partial charge >= 0.3 is 6.16 Å². The van der Waals surface area contributed by atoms with Crippen LogP contribution in [0.2, 0.25) is 0 Å². The Hall–Kier alpha value is -3.21. The monoisotopic (exact) mass is 307 g/mol. The van der Waals surface area contributed by atoms with Crippen LogP contribution in [0.3, 0.4) is 0 Å². The lowest BCUT2D eigenvalue weighted by Crippen LogP contribution is -2.13. The highest BCUT2D eigenvalue weighted by Crippen LogP contribution is 2.25. The minimum atomic E-state index is -0.817. The van der Waals surface area contributed by atoms with Gasteiger partial charge in [0.05, 0.1) is 0 Å². The molecule has 3 aromatic carbocycles. The van der Waals surface area contributed by atoms with Crippen LogP contribution in [0.15, 0.2) is 71.9 Å². The number of hydrogen-bond acceptors (Lipinski definition) is 5. The van der Waals surface area contributed by atoms with E-state index in [2.05, 4.69) is 5.18 Å². The second-order valence-corrected chi connectivity index (χ2v) is 4.86. The lowest BCUT2D eigenvalue weighted by molar-refractivity contribution is 0.152. The Balaban J connectivity index is 1.72. The molecule has 0 unspecified atom stereocenters. The van der Waals surface area contributed by atoms with E-state index in [0.717, 1.165) is 16.3 Å². The van der Waals surface area contributed by atoms with Crippen LogP contribution in [0, 0.1) is 4.91 Å². The molecule has 0 radical (unpaired) electrons. The SMILES string of the molecule is O=NCc1ccc(OC(=O)Oc2cccc3ccccc23)cc1. The van der Waals surface area contributed by atoms with Crippen molar-refractivity contribution in [3.8, 4) is 11.5 Å². The highest BCUT2D eigenvalue weighted by molar-refractivity contribution is 5.89. The van der Waals surface area contributed by atoms with Gasteiger partial charge in [0.2, 0.25) is 0 Å². The van der Waals surface area contributed by atoms with Crippen molar-refractivity contribution in [2.24, 2.45) is 5.18 Å². The summed E-state index contributed by atoms with van der Waals surface area (Å²) in [5, 5.41) is 4.61. The smallest absolute Gasteiger partial charge is 0.395 e. The van der Waals surface area contributed by atoms with E-state index in [0.29, 0.717) is 11.5 Å². The lowest BCUT2D eigenvalue weighted by atomic mass is 10.1. The first-order valence-corrected chi connectivity index (χ1v) is 7.02. The number of carbonyl (C=O) groups excluding carboxylic acids is 1. The van der Waals surface area contributed by atoms with Gasteiger partial charge in [-0.2, -0.15) is 4.91 Å². The Morgan fingerprint density at radius 3 is 2.39 bits per heavy atom. The molecule has 0 saturated heterocycles. The maximum absolute atomic E-state index is 11.9. The van der Waals surface area contributed by atoms with E-state index in [1.54, 1.807) is 30.3 Å². The molecule has 0 atom stereocenters. The molecule has 0 saturated carbocycles. The number of hydrogen-bond donors (Lipinski definition) is 0. The Morgan fingerprint density at radius 1 is 0.870 bits per heavy atom. The molecule has 114 valence electrons. The van der Waals surface area contributed by atoms with Gasteiger partial charge in [0.25, 0.3) is 0 Å². The van der Waals surface area contributed by atoms with E-state index in [1.807, 2.05) is 36.4 Å². The number of benzene rings is 3. The minimum Gasteiger partial charge on any atom is -0.395 e. The van der Waals surface area contributed by atoms with E-state index in [-0.39, 0.29) is 6.54 Å². The molecule has 0 aliphatic heterocycles. The highest BCUT2D eigenvalue weighted by atomic mass is 16.7. The van der Waals surface area contributed by atoms with Gasteiger partial charge in [0, 0.05) is 5.39 Å². The first kappa shape index (κ1) is 14.7. The molecule has 5 nitrogen and oxygen atoms in total. The summed E-state index contributed by atoms with van der Waals surface area (Å²) in [6.07, 6.45) is -0.817. The summed E-state index contributed by atoms with van der Waals surface area (Å²) in [7, 11) is 0. The number of carbonyl (C=O) groups is 1. The Morgan fingerprint density at radius 2 is 1.61 bits per heavy atom. The molecule has 0 spiro atoms. The van der Waals surface area contributed by atoms with E-state index in [4.69, 9.17) is 9.47 Å². The Labute approximate surface area is 132 Å². The molecule has 0 fully saturated rings. The Kier molecular flexibility index (Phi) is 4.29. The predicted molar refractivity (Wildman–Crippen MR) is 86.5 cm³/mol. The summed E-state index contributed by atoms with van der Waals surface area (Å²) < 4.78 is 10.4. The fraction of sp³-hybridized carbons (Fsp3) is 0.0556. The zero-order valence-corrected chi connectivity index (χ0v) is 12.1. The summed E-state index contributed by atoms with van der Waals surface area (Å²) >= 11 is 0. The quantitative estimate of drug-likeness (QED) is 0.398. The number of rotatable bonds is 4. The zero-order chi connectivity index (χ0) is 16.1. The van der Waals surface area contributed by atoms with Crippen LogP contribution in [-0.2, 0) is 6.54 Å². The van der Waals surface area contributed by atoms with Gasteiger partial charge in [-0.25, -0.2) is 4.79 Å². The number of nitroso groups, excluding NO2 is 1. The topological polar surface area (TPSA) is 65.0 Å². The largest absolute Gasteiger partial charge is 0.519 e. The second kappa shape index (κ2) is 6.70. The molecular formula is C18H13NO4. The van der Waals surface area contributed by atoms with Gasteiger partial charge in [-0.3, -0.25) is 0 Å². The Bertz CT molecular complexity index is 838. The van der Waals surface area contributed by atoms with Crippen molar-refractivity contribution in [2.75, 3.05) is 0 Å². The average Bonchev–Trinajstić information content (AvgIpc) is 2.57. The van der Waals surface area contributed by atoms with Crippen molar-refractivity contribution in [3.05, 3.63) is 77.2 Å². The first-order chi connectivity index (χ1) is 11.3. The van der Waals surface area contributed by atoms with Crippen molar-refractivity contribution < 1.29 is 14.3 Å². The average molecular weight is 307 g/mol. The van der Waals surface area contributed by atoms with Gasteiger partial charge in [-0.15, -0.1) is 0 Å². The van der Waals surface area contributed by atoms with Crippen molar-refractivity contribution in [1.82, 2.24) is 0 Å². The molecule has 23 heavy (non-hydrogen) atoms. The van der Waals surface area contributed by atoms with Gasteiger partial charge in [0.15, 0.2) is 0 Å². The van der Waals surface area contributed by atoms with Crippen molar-refractivity contribution in [1.29, 1.82) is 0 Å². The number of ether oxygens (including phenoxy) is 2. The molecule has 5 heteroatoms. The summed E-state index contributed by atoms with van der Waals surface area (Å²) in [4.78, 5) is 22.1. The normalized spacial score (nSPS) is 10.3. The summed E-state index contributed by atoms with van der Waals surface area (Å²) in [6, 6.07) is 19.6. The summed E-state index contributed by atoms with van der Waals surface area (Å²) in [5.41, 5.74) is 0.745. The van der Waals surface area contributed by atoms with Crippen LogP contribution >= 0.6 is 0 Å². The molecule has 0 amide bonds. The van der Waals surface area contributed by atoms with Crippen LogP contribution in [0.1, 0.15) is 5.56 Å². The molecule has 0 N–H and O–H groups in total. The van der Waals surface area contributed by atoms with Gasteiger partial charge in [-0.1, -0.05) is 53.7 Å².